The van der Waals surface area contributed by atoms with Gasteiger partial charge in [0.2, 0.25) is 0 Å². The third kappa shape index (κ3) is 1.61. The van der Waals surface area contributed by atoms with Crippen molar-refractivity contribution >= 4 is 5.69 Å². The molecule has 0 fully saturated rings. The number of hydrogen-bond acceptors (Lipinski definition) is 4. The lowest BCUT2D eigenvalue weighted by molar-refractivity contribution is 0.833. The molecule has 2 rings (SSSR count). The molecule has 0 radical (unpaired) electrons. The van der Waals surface area contributed by atoms with Crippen LogP contribution >= 0.6 is 0 Å². The number of anilines is 1. The monoisotopic (exact) mass is 213 g/mol. The lowest BCUT2D eigenvalue weighted by Gasteiger charge is -2.06. The van der Waals surface area contributed by atoms with E-state index in [2.05, 4.69) is 16.2 Å². The maximum atomic E-state index is 8.84. The summed E-state index contributed by atoms with van der Waals surface area (Å²) in [5, 5.41) is 13.1. The number of rotatable bonds is 1. The molecule has 0 aliphatic rings. The minimum Gasteiger partial charge on any atom is -0.397 e. The van der Waals surface area contributed by atoms with Gasteiger partial charge in [0.15, 0.2) is 0 Å². The SMILES string of the molecule is Cc1nc(C)n(-c2cc(C#N)ccc2N)n1. The second kappa shape index (κ2) is 3.66. The van der Waals surface area contributed by atoms with Crippen molar-refractivity contribution in [3.63, 3.8) is 0 Å². The molecule has 2 aromatic rings. The van der Waals surface area contributed by atoms with Gasteiger partial charge in [-0.25, -0.2) is 9.67 Å². The van der Waals surface area contributed by atoms with Gasteiger partial charge in [-0.05, 0) is 32.0 Å². The van der Waals surface area contributed by atoms with Crippen LogP contribution in [-0.2, 0) is 0 Å². The van der Waals surface area contributed by atoms with Crippen LogP contribution in [0.5, 0.6) is 0 Å². The minimum atomic E-state index is 0.553. The lowest BCUT2D eigenvalue weighted by Crippen LogP contribution is -2.04. The van der Waals surface area contributed by atoms with Gasteiger partial charge in [0.05, 0.1) is 23.0 Å². The summed E-state index contributed by atoms with van der Waals surface area (Å²) in [6.07, 6.45) is 0. The zero-order valence-electron chi connectivity index (χ0n) is 9.10. The highest BCUT2D eigenvalue weighted by Gasteiger charge is 2.09. The summed E-state index contributed by atoms with van der Waals surface area (Å²) in [5.41, 5.74) is 7.68. The van der Waals surface area contributed by atoms with Gasteiger partial charge < -0.3 is 5.73 Å². The maximum Gasteiger partial charge on any atom is 0.148 e. The summed E-state index contributed by atoms with van der Waals surface area (Å²) in [5.74, 6) is 1.43. The van der Waals surface area contributed by atoms with E-state index in [1.54, 1.807) is 22.9 Å². The van der Waals surface area contributed by atoms with Crippen LogP contribution in [0, 0.1) is 25.2 Å². The number of nitrogens with zero attached hydrogens (tertiary/aromatic N) is 4. The van der Waals surface area contributed by atoms with E-state index in [1.165, 1.54) is 0 Å². The molecule has 16 heavy (non-hydrogen) atoms. The zero-order valence-corrected chi connectivity index (χ0v) is 9.10. The van der Waals surface area contributed by atoms with Crippen molar-refractivity contribution in [1.82, 2.24) is 14.8 Å². The highest BCUT2D eigenvalue weighted by Crippen LogP contribution is 2.19. The van der Waals surface area contributed by atoms with Crippen molar-refractivity contribution in [1.29, 1.82) is 5.26 Å². The van der Waals surface area contributed by atoms with Crippen LogP contribution < -0.4 is 5.73 Å². The fourth-order valence-corrected chi connectivity index (χ4v) is 1.55. The highest BCUT2D eigenvalue weighted by atomic mass is 15.3. The van der Waals surface area contributed by atoms with Gasteiger partial charge in [-0.1, -0.05) is 0 Å². The summed E-state index contributed by atoms with van der Waals surface area (Å²) in [7, 11) is 0. The van der Waals surface area contributed by atoms with Gasteiger partial charge >= 0.3 is 0 Å². The fraction of sp³-hybridized carbons (Fsp3) is 0.182. The van der Waals surface area contributed by atoms with Crippen LogP contribution in [0.2, 0.25) is 0 Å². The first-order valence-electron chi connectivity index (χ1n) is 4.82. The molecular weight excluding hydrogens is 202 g/mol. The van der Waals surface area contributed by atoms with Crippen molar-refractivity contribution in [2.24, 2.45) is 0 Å². The molecule has 80 valence electrons. The van der Waals surface area contributed by atoms with E-state index < -0.39 is 0 Å². The van der Waals surface area contributed by atoms with Crippen molar-refractivity contribution in [2.45, 2.75) is 13.8 Å². The molecule has 2 N–H and O–H groups in total. The van der Waals surface area contributed by atoms with Crippen molar-refractivity contribution < 1.29 is 0 Å². The van der Waals surface area contributed by atoms with Gasteiger partial charge in [0.1, 0.15) is 11.6 Å². The molecule has 1 aromatic carbocycles. The van der Waals surface area contributed by atoms with Crippen LogP contribution in [0.4, 0.5) is 5.69 Å². The quantitative estimate of drug-likeness (QED) is 0.725. The molecule has 0 aliphatic heterocycles. The molecule has 0 atom stereocenters. The molecule has 0 aliphatic carbocycles. The number of aryl methyl sites for hydroxylation is 2. The van der Waals surface area contributed by atoms with Crippen molar-refractivity contribution in [3.8, 4) is 11.8 Å². The summed E-state index contributed by atoms with van der Waals surface area (Å²) < 4.78 is 1.64. The number of nitriles is 1. The minimum absolute atomic E-state index is 0.553. The van der Waals surface area contributed by atoms with Gasteiger partial charge in [-0.2, -0.15) is 10.4 Å². The fourth-order valence-electron chi connectivity index (χ4n) is 1.55. The van der Waals surface area contributed by atoms with E-state index in [9.17, 15) is 0 Å². The standard InChI is InChI=1S/C11H11N5/c1-7-14-8(2)16(15-7)11-5-9(6-12)3-4-10(11)13/h3-5H,13H2,1-2H3. The molecule has 0 saturated heterocycles. The Morgan fingerprint density at radius 1 is 1.38 bits per heavy atom. The average molecular weight is 213 g/mol. The van der Waals surface area contributed by atoms with E-state index in [4.69, 9.17) is 11.0 Å². The Kier molecular flexibility index (Phi) is 2.33. The first-order valence-corrected chi connectivity index (χ1v) is 4.82. The van der Waals surface area contributed by atoms with Gasteiger partial charge in [0.25, 0.3) is 0 Å². The Balaban J connectivity index is 2.64. The third-order valence-electron chi connectivity index (χ3n) is 2.26. The molecule has 1 heterocycles. The number of aromatic nitrogens is 3. The van der Waals surface area contributed by atoms with Crippen molar-refractivity contribution in [2.75, 3.05) is 5.73 Å². The molecule has 0 spiro atoms. The van der Waals surface area contributed by atoms with Crippen LogP contribution in [-0.4, -0.2) is 14.8 Å². The number of hydrogen-bond donors (Lipinski definition) is 1. The molecule has 0 unspecified atom stereocenters. The molecular formula is C11H11N5. The summed E-state index contributed by atoms with van der Waals surface area (Å²) >= 11 is 0. The predicted octanol–water partition coefficient (Wildman–Crippen LogP) is 1.34. The average Bonchev–Trinajstić information content (AvgIpc) is 2.58. The molecule has 1 aromatic heterocycles. The van der Waals surface area contributed by atoms with E-state index in [0.717, 1.165) is 5.82 Å². The Morgan fingerprint density at radius 2 is 2.12 bits per heavy atom. The summed E-state index contributed by atoms with van der Waals surface area (Å²) in [6, 6.07) is 7.16. The zero-order chi connectivity index (χ0) is 11.7. The largest absolute Gasteiger partial charge is 0.397 e. The molecule has 0 amide bonds. The molecule has 0 bridgehead atoms. The first kappa shape index (κ1) is 10.2. The van der Waals surface area contributed by atoms with Gasteiger partial charge in [-0.3, -0.25) is 0 Å². The number of nitrogens with two attached hydrogens (primary N) is 1. The number of nitrogen functional groups attached to an aromatic ring is 1. The van der Waals surface area contributed by atoms with Crippen molar-refractivity contribution in [3.05, 3.63) is 35.4 Å². The van der Waals surface area contributed by atoms with Gasteiger partial charge in [0, 0.05) is 0 Å². The van der Waals surface area contributed by atoms with Gasteiger partial charge in [-0.15, -0.1) is 0 Å². The Labute approximate surface area is 93.1 Å². The van der Waals surface area contributed by atoms with E-state index >= 15 is 0 Å². The van der Waals surface area contributed by atoms with Crippen LogP contribution in [0.25, 0.3) is 5.69 Å². The topological polar surface area (TPSA) is 80.5 Å². The molecule has 5 heteroatoms. The van der Waals surface area contributed by atoms with E-state index in [-0.39, 0.29) is 0 Å². The highest BCUT2D eigenvalue weighted by molar-refractivity contribution is 5.60. The Hall–Kier alpha value is -2.35. The van der Waals surface area contributed by atoms with Crippen LogP contribution in [0.3, 0.4) is 0 Å². The van der Waals surface area contributed by atoms with E-state index in [0.29, 0.717) is 22.8 Å². The second-order valence-electron chi connectivity index (χ2n) is 3.50. The molecule has 5 nitrogen and oxygen atoms in total. The van der Waals surface area contributed by atoms with E-state index in [1.807, 2.05) is 13.8 Å². The number of benzene rings is 1. The second-order valence-corrected chi connectivity index (χ2v) is 3.50. The first-order chi connectivity index (χ1) is 7.61. The normalized spacial score (nSPS) is 10.1. The maximum absolute atomic E-state index is 8.84. The van der Waals surface area contributed by atoms with Crippen LogP contribution in [0.1, 0.15) is 17.2 Å². The lowest BCUT2D eigenvalue weighted by atomic mass is 10.2. The molecule has 0 saturated carbocycles. The summed E-state index contributed by atoms with van der Waals surface area (Å²) in [6.45, 7) is 3.66. The Morgan fingerprint density at radius 3 is 2.69 bits per heavy atom. The summed E-state index contributed by atoms with van der Waals surface area (Å²) in [4.78, 5) is 4.20. The Bertz CT molecular complexity index is 577. The smallest absolute Gasteiger partial charge is 0.148 e. The predicted molar refractivity (Wildman–Crippen MR) is 60.0 cm³/mol. The third-order valence-corrected chi connectivity index (χ3v) is 2.26. The van der Waals surface area contributed by atoms with Crippen LogP contribution in [0.15, 0.2) is 18.2 Å².